The summed E-state index contributed by atoms with van der Waals surface area (Å²) in [4.78, 5) is 8.58. The number of nitrogens with zero attached hydrogens (tertiary/aromatic N) is 3. The van der Waals surface area contributed by atoms with Crippen molar-refractivity contribution in [3.8, 4) is 0 Å². The van der Waals surface area contributed by atoms with E-state index in [2.05, 4.69) is 41.2 Å². The van der Waals surface area contributed by atoms with Gasteiger partial charge < -0.3 is 9.84 Å². The van der Waals surface area contributed by atoms with Crippen LogP contribution in [0.3, 0.4) is 0 Å². The van der Waals surface area contributed by atoms with Gasteiger partial charge in [-0.2, -0.15) is 4.98 Å². The molecule has 2 rings (SSSR count). The molecule has 0 radical (unpaired) electrons. The molecule has 0 saturated heterocycles. The van der Waals surface area contributed by atoms with Crippen molar-refractivity contribution in [2.24, 2.45) is 0 Å². The molecule has 1 N–H and O–H groups in total. The molecule has 0 amide bonds. The van der Waals surface area contributed by atoms with E-state index in [9.17, 15) is 0 Å². The van der Waals surface area contributed by atoms with Crippen LogP contribution < -0.4 is 5.32 Å². The summed E-state index contributed by atoms with van der Waals surface area (Å²) in [6, 6.07) is 4.28. The number of rotatable bonds is 8. The molecule has 0 aromatic carbocycles. The Hall–Kier alpha value is -1.75. The molecule has 0 saturated carbocycles. The number of hydrogen-bond acceptors (Lipinski definition) is 5. The second-order valence-corrected chi connectivity index (χ2v) is 5.34. The van der Waals surface area contributed by atoms with Crippen LogP contribution in [0, 0.1) is 0 Å². The summed E-state index contributed by atoms with van der Waals surface area (Å²) in [7, 11) is 0. The van der Waals surface area contributed by atoms with E-state index in [1.54, 1.807) is 12.4 Å². The van der Waals surface area contributed by atoms with Gasteiger partial charge in [-0.3, -0.25) is 4.98 Å². The fourth-order valence-electron chi connectivity index (χ4n) is 2.43. The van der Waals surface area contributed by atoms with E-state index in [1.807, 2.05) is 12.1 Å². The van der Waals surface area contributed by atoms with Crippen LogP contribution in [-0.4, -0.2) is 27.7 Å². The molecule has 0 fully saturated rings. The van der Waals surface area contributed by atoms with E-state index in [4.69, 9.17) is 4.52 Å². The summed E-state index contributed by atoms with van der Waals surface area (Å²) in [6.45, 7) is 7.51. The summed E-state index contributed by atoms with van der Waals surface area (Å²) in [5.41, 5.74) is 1.14. The van der Waals surface area contributed by atoms with Gasteiger partial charge in [-0.1, -0.05) is 19.0 Å². The monoisotopic (exact) mass is 288 g/mol. The number of hydrogen-bond donors (Lipinski definition) is 1. The first kappa shape index (κ1) is 15.6. The lowest BCUT2D eigenvalue weighted by molar-refractivity contribution is 0.314. The van der Waals surface area contributed by atoms with Crippen LogP contribution in [0.5, 0.6) is 0 Å². The minimum atomic E-state index is 0.259. The lowest BCUT2D eigenvalue weighted by atomic mass is 9.98. The highest BCUT2D eigenvalue weighted by Gasteiger charge is 2.23. The second kappa shape index (κ2) is 7.88. The van der Waals surface area contributed by atoms with Gasteiger partial charge in [0.1, 0.15) is 0 Å². The quantitative estimate of drug-likeness (QED) is 0.809. The van der Waals surface area contributed by atoms with Crippen LogP contribution in [0.15, 0.2) is 29.0 Å². The van der Waals surface area contributed by atoms with Gasteiger partial charge in [0.15, 0.2) is 5.82 Å². The third-order valence-corrected chi connectivity index (χ3v) is 3.67. The van der Waals surface area contributed by atoms with Gasteiger partial charge in [-0.25, -0.2) is 0 Å². The molecule has 2 unspecified atom stereocenters. The molecule has 114 valence electrons. The Morgan fingerprint density at radius 1 is 1.24 bits per heavy atom. The Labute approximate surface area is 126 Å². The van der Waals surface area contributed by atoms with Gasteiger partial charge in [0, 0.05) is 24.9 Å². The van der Waals surface area contributed by atoms with Crippen molar-refractivity contribution < 1.29 is 4.52 Å². The predicted octanol–water partition coefficient (Wildman–Crippen LogP) is 2.94. The highest BCUT2D eigenvalue weighted by atomic mass is 16.5. The van der Waals surface area contributed by atoms with Gasteiger partial charge in [0.2, 0.25) is 5.89 Å². The van der Waals surface area contributed by atoms with Crippen molar-refractivity contribution in [1.29, 1.82) is 0 Å². The van der Waals surface area contributed by atoms with Crippen molar-refractivity contribution >= 4 is 0 Å². The summed E-state index contributed by atoms with van der Waals surface area (Å²) < 4.78 is 5.47. The summed E-state index contributed by atoms with van der Waals surface area (Å²) in [5.74, 6) is 1.73. The van der Waals surface area contributed by atoms with Crippen molar-refractivity contribution in [3.05, 3.63) is 41.8 Å². The van der Waals surface area contributed by atoms with Crippen LogP contribution in [0.2, 0.25) is 0 Å². The first-order chi connectivity index (χ1) is 10.2. The summed E-state index contributed by atoms with van der Waals surface area (Å²) in [6.07, 6.45) is 6.34. The number of pyridine rings is 1. The molecule has 2 atom stereocenters. The average molecular weight is 288 g/mol. The van der Waals surface area contributed by atoms with Crippen molar-refractivity contribution in [3.63, 3.8) is 0 Å². The zero-order valence-corrected chi connectivity index (χ0v) is 13.0. The van der Waals surface area contributed by atoms with E-state index in [1.165, 1.54) is 0 Å². The molecule has 0 spiro atoms. The number of aromatic nitrogens is 3. The predicted molar refractivity (Wildman–Crippen MR) is 82.1 cm³/mol. The van der Waals surface area contributed by atoms with Crippen LogP contribution in [0.4, 0.5) is 0 Å². The maximum atomic E-state index is 5.47. The molecule has 0 aliphatic rings. The molecule has 21 heavy (non-hydrogen) atoms. The van der Waals surface area contributed by atoms with Crippen molar-refractivity contribution in [2.45, 2.75) is 52.0 Å². The maximum absolute atomic E-state index is 5.47. The molecular formula is C16H24N4O. The van der Waals surface area contributed by atoms with E-state index < -0.39 is 0 Å². The van der Waals surface area contributed by atoms with E-state index in [0.717, 1.165) is 36.7 Å². The molecule has 0 bridgehead atoms. The van der Waals surface area contributed by atoms with E-state index in [0.29, 0.717) is 12.5 Å². The maximum Gasteiger partial charge on any atom is 0.231 e. The fourth-order valence-corrected chi connectivity index (χ4v) is 2.43. The normalized spacial score (nSPS) is 14.0. The van der Waals surface area contributed by atoms with Gasteiger partial charge in [-0.05, 0) is 44.0 Å². The lowest BCUT2D eigenvalue weighted by Gasteiger charge is -2.20. The van der Waals surface area contributed by atoms with Crippen molar-refractivity contribution in [2.75, 3.05) is 6.54 Å². The smallest absolute Gasteiger partial charge is 0.231 e. The van der Waals surface area contributed by atoms with Gasteiger partial charge in [0.25, 0.3) is 0 Å². The second-order valence-electron chi connectivity index (χ2n) is 5.34. The molecule has 2 aromatic heterocycles. The average Bonchev–Trinajstić information content (AvgIpc) is 2.95. The standard InChI is InChI=1S/C16H24N4O/c1-4-8-18-12(3)14(5-2)16-19-15(20-21-16)11-13-6-9-17-10-7-13/h6-7,9-10,12,14,18H,4-5,8,11H2,1-3H3. The van der Waals surface area contributed by atoms with Crippen LogP contribution >= 0.6 is 0 Å². The number of nitrogens with one attached hydrogen (secondary N) is 1. The zero-order chi connectivity index (χ0) is 15.1. The Bertz CT molecular complexity index is 526. The van der Waals surface area contributed by atoms with Crippen LogP contribution in [-0.2, 0) is 6.42 Å². The first-order valence-corrected chi connectivity index (χ1v) is 7.69. The Morgan fingerprint density at radius 3 is 2.67 bits per heavy atom. The molecule has 5 heteroatoms. The van der Waals surface area contributed by atoms with Gasteiger partial charge in [-0.15, -0.1) is 0 Å². The van der Waals surface area contributed by atoms with E-state index in [-0.39, 0.29) is 5.92 Å². The topological polar surface area (TPSA) is 63.8 Å². The Kier molecular flexibility index (Phi) is 5.87. The molecule has 5 nitrogen and oxygen atoms in total. The first-order valence-electron chi connectivity index (χ1n) is 7.69. The van der Waals surface area contributed by atoms with E-state index >= 15 is 0 Å². The Morgan fingerprint density at radius 2 is 2.00 bits per heavy atom. The SMILES string of the molecule is CCCNC(C)C(CC)c1nc(Cc2ccncc2)no1. The highest BCUT2D eigenvalue weighted by Crippen LogP contribution is 2.22. The third-order valence-electron chi connectivity index (χ3n) is 3.67. The molecule has 0 aliphatic heterocycles. The third kappa shape index (κ3) is 4.36. The summed E-state index contributed by atoms with van der Waals surface area (Å²) >= 11 is 0. The van der Waals surface area contributed by atoms with Gasteiger partial charge in [0.05, 0.1) is 5.92 Å². The molecule has 2 aromatic rings. The highest BCUT2D eigenvalue weighted by molar-refractivity contribution is 5.15. The zero-order valence-electron chi connectivity index (χ0n) is 13.0. The summed E-state index contributed by atoms with van der Waals surface area (Å²) in [5, 5.41) is 7.61. The fraction of sp³-hybridized carbons (Fsp3) is 0.562. The Balaban J connectivity index is 2.03. The molecular weight excluding hydrogens is 264 g/mol. The minimum Gasteiger partial charge on any atom is -0.339 e. The van der Waals surface area contributed by atoms with Crippen molar-refractivity contribution in [1.82, 2.24) is 20.4 Å². The molecule has 2 heterocycles. The van der Waals surface area contributed by atoms with Crippen LogP contribution in [0.1, 0.15) is 56.8 Å². The van der Waals surface area contributed by atoms with Crippen LogP contribution in [0.25, 0.3) is 0 Å². The largest absolute Gasteiger partial charge is 0.339 e. The molecule has 0 aliphatic carbocycles. The van der Waals surface area contributed by atoms with Gasteiger partial charge >= 0.3 is 0 Å². The lowest BCUT2D eigenvalue weighted by Crippen LogP contribution is -2.32. The minimum absolute atomic E-state index is 0.259.